The maximum Gasteiger partial charge on any atom is 0.226 e. The molecule has 0 unspecified atom stereocenters. The summed E-state index contributed by atoms with van der Waals surface area (Å²) in [5.41, 5.74) is 7.02. The summed E-state index contributed by atoms with van der Waals surface area (Å²) in [6.45, 7) is 1.45. The van der Waals surface area contributed by atoms with Crippen molar-refractivity contribution in [1.82, 2.24) is 19.5 Å². The zero-order chi connectivity index (χ0) is 11.5. The van der Waals surface area contributed by atoms with Gasteiger partial charge in [-0.15, -0.1) is 0 Å². The number of nitrogens with two attached hydrogens (primary N) is 1. The Bertz CT molecular complexity index is 498. The highest BCUT2D eigenvalue weighted by molar-refractivity contribution is 6.28. The molecule has 0 spiro atoms. The molecular formula is C9H12ClN5O. The van der Waals surface area contributed by atoms with Gasteiger partial charge < -0.3 is 15.0 Å². The summed E-state index contributed by atoms with van der Waals surface area (Å²) >= 11 is 5.69. The maximum absolute atomic E-state index is 5.78. The van der Waals surface area contributed by atoms with Crippen LogP contribution in [-0.2, 0) is 11.3 Å². The Kier molecular flexibility index (Phi) is 3.21. The Morgan fingerprint density at radius 2 is 2.31 bits per heavy atom. The number of halogens is 1. The lowest BCUT2D eigenvalue weighted by molar-refractivity contribution is 0.190. The highest BCUT2D eigenvalue weighted by Crippen LogP contribution is 2.18. The number of rotatable bonds is 4. The smallest absolute Gasteiger partial charge is 0.226 e. The molecule has 16 heavy (non-hydrogen) atoms. The molecule has 86 valence electrons. The second-order valence-electron chi connectivity index (χ2n) is 3.33. The van der Waals surface area contributed by atoms with Gasteiger partial charge in [0.1, 0.15) is 5.52 Å². The van der Waals surface area contributed by atoms with Crippen molar-refractivity contribution < 1.29 is 4.74 Å². The maximum atomic E-state index is 5.78. The first-order valence-electron chi connectivity index (χ1n) is 4.85. The van der Waals surface area contributed by atoms with Crippen LogP contribution in [-0.4, -0.2) is 33.2 Å². The molecule has 2 N–H and O–H groups in total. The van der Waals surface area contributed by atoms with Crippen LogP contribution in [0.4, 0.5) is 5.82 Å². The van der Waals surface area contributed by atoms with Crippen LogP contribution < -0.4 is 5.73 Å². The van der Waals surface area contributed by atoms with E-state index in [1.165, 1.54) is 0 Å². The monoisotopic (exact) mass is 241 g/mol. The highest BCUT2D eigenvalue weighted by atomic mass is 35.5. The Labute approximate surface area is 97.4 Å². The predicted octanol–water partition coefficient (Wildman–Crippen LogP) is 1.10. The van der Waals surface area contributed by atoms with E-state index in [2.05, 4.69) is 15.0 Å². The molecule has 0 aliphatic carbocycles. The Morgan fingerprint density at radius 3 is 3.06 bits per heavy atom. The average Bonchev–Trinajstić information content (AvgIpc) is 2.62. The van der Waals surface area contributed by atoms with Gasteiger partial charge in [-0.25, -0.2) is 4.98 Å². The van der Waals surface area contributed by atoms with Crippen molar-refractivity contribution in [2.75, 3.05) is 19.5 Å². The number of methoxy groups -OCH3 is 1. The van der Waals surface area contributed by atoms with Crippen molar-refractivity contribution in [1.29, 1.82) is 0 Å². The fourth-order valence-electron chi connectivity index (χ4n) is 1.53. The molecule has 2 aromatic rings. The van der Waals surface area contributed by atoms with Gasteiger partial charge in [0, 0.05) is 20.3 Å². The van der Waals surface area contributed by atoms with Crippen LogP contribution in [0.2, 0.25) is 5.28 Å². The molecule has 0 radical (unpaired) electrons. The van der Waals surface area contributed by atoms with Gasteiger partial charge in [-0.3, -0.25) is 0 Å². The fourth-order valence-corrected chi connectivity index (χ4v) is 1.70. The summed E-state index contributed by atoms with van der Waals surface area (Å²) in [5, 5.41) is 0.118. The minimum absolute atomic E-state index is 0.118. The zero-order valence-corrected chi connectivity index (χ0v) is 9.61. The van der Waals surface area contributed by atoms with Crippen molar-refractivity contribution in [2.24, 2.45) is 0 Å². The third-order valence-electron chi connectivity index (χ3n) is 2.22. The first kappa shape index (κ1) is 11.1. The molecule has 0 bridgehead atoms. The largest absolute Gasteiger partial charge is 0.385 e. The van der Waals surface area contributed by atoms with Crippen LogP contribution >= 0.6 is 11.6 Å². The van der Waals surface area contributed by atoms with Gasteiger partial charge >= 0.3 is 0 Å². The molecule has 0 saturated heterocycles. The zero-order valence-electron chi connectivity index (χ0n) is 8.85. The number of fused-ring (bicyclic) bond motifs is 1. The summed E-state index contributed by atoms with van der Waals surface area (Å²) in [6.07, 6.45) is 2.56. The van der Waals surface area contributed by atoms with Crippen molar-refractivity contribution in [3.63, 3.8) is 0 Å². The molecule has 0 aliphatic heterocycles. The molecule has 0 amide bonds. The van der Waals surface area contributed by atoms with Gasteiger partial charge in [0.15, 0.2) is 11.5 Å². The number of anilines is 1. The molecule has 0 aromatic carbocycles. The predicted molar refractivity (Wildman–Crippen MR) is 61.2 cm³/mol. The van der Waals surface area contributed by atoms with E-state index in [0.717, 1.165) is 18.5 Å². The van der Waals surface area contributed by atoms with Gasteiger partial charge in [-0.2, -0.15) is 9.97 Å². The summed E-state index contributed by atoms with van der Waals surface area (Å²) in [4.78, 5) is 12.0. The van der Waals surface area contributed by atoms with E-state index < -0.39 is 0 Å². The molecule has 0 atom stereocenters. The quantitative estimate of drug-likeness (QED) is 0.641. The minimum Gasteiger partial charge on any atom is -0.385 e. The van der Waals surface area contributed by atoms with E-state index in [-0.39, 0.29) is 5.28 Å². The van der Waals surface area contributed by atoms with E-state index in [1.807, 2.05) is 4.57 Å². The van der Waals surface area contributed by atoms with Crippen LogP contribution in [0.15, 0.2) is 6.33 Å². The third-order valence-corrected chi connectivity index (χ3v) is 2.39. The number of aryl methyl sites for hydroxylation is 1. The third kappa shape index (κ3) is 2.07. The molecular weight excluding hydrogens is 230 g/mol. The Morgan fingerprint density at radius 1 is 1.50 bits per heavy atom. The molecule has 2 rings (SSSR count). The number of aromatic nitrogens is 4. The first-order valence-corrected chi connectivity index (χ1v) is 5.23. The second-order valence-corrected chi connectivity index (χ2v) is 3.67. The van der Waals surface area contributed by atoms with Gasteiger partial charge in [-0.05, 0) is 18.0 Å². The lowest BCUT2D eigenvalue weighted by atomic mass is 10.4. The van der Waals surface area contributed by atoms with Gasteiger partial charge in [0.2, 0.25) is 5.28 Å². The molecule has 0 aliphatic rings. The van der Waals surface area contributed by atoms with Crippen molar-refractivity contribution in [2.45, 2.75) is 13.0 Å². The topological polar surface area (TPSA) is 78.8 Å². The minimum atomic E-state index is 0.118. The molecule has 7 heteroatoms. The molecule has 6 nitrogen and oxygen atoms in total. The van der Waals surface area contributed by atoms with Crippen LogP contribution in [0.1, 0.15) is 6.42 Å². The van der Waals surface area contributed by atoms with E-state index in [0.29, 0.717) is 18.1 Å². The first-order chi connectivity index (χ1) is 7.72. The second kappa shape index (κ2) is 4.63. The SMILES string of the molecule is COCCCn1cnc2nc(Cl)nc(N)c21. The van der Waals surface area contributed by atoms with Crippen LogP contribution in [0.5, 0.6) is 0 Å². The summed E-state index contributed by atoms with van der Waals surface area (Å²) in [7, 11) is 1.67. The number of hydrogen-bond donors (Lipinski definition) is 1. The number of hydrogen-bond acceptors (Lipinski definition) is 5. The number of ether oxygens (including phenoxy) is 1. The van der Waals surface area contributed by atoms with Gasteiger partial charge in [0.25, 0.3) is 0 Å². The van der Waals surface area contributed by atoms with Crippen molar-refractivity contribution >= 4 is 28.6 Å². The van der Waals surface area contributed by atoms with E-state index in [4.69, 9.17) is 22.1 Å². The molecule has 2 heterocycles. The molecule has 2 aromatic heterocycles. The standard InChI is InChI=1S/C9H12ClN5O/c1-16-4-2-3-15-5-12-8-6(15)7(11)13-9(10)14-8/h5H,2-4H2,1H3,(H2,11,13,14). The van der Waals surface area contributed by atoms with Gasteiger partial charge in [-0.1, -0.05) is 0 Å². The summed E-state index contributed by atoms with van der Waals surface area (Å²) in [6, 6.07) is 0. The molecule has 0 fully saturated rings. The molecule has 0 saturated carbocycles. The van der Waals surface area contributed by atoms with Crippen molar-refractivity contribution in [3.05, 3.63) is 11.6 Å². The van der Waals surface area contributed by atoms with Crippen LogP contribution in [0, 0.1) is 0 Å². The van der Waals surface area contributed by atoms with E-state index >= 15 is 0 Å². The van der Waals surface area contributed by atoms with Crippen LogP contribution in [0.25, 0.3) is 11.2 Å². The Hall–Kier alpha value is -1.40. The summed E-state index contributed by atoms with van der Waals surface area (Å²) < 4.78 is 6.89. The number of imidazole rings is 1. The Balaban J connectivity index is 2.33. The lowest BCUT2D eigenvalue weighted by Crippen LogP contribution is -2.03. The van der Waals surface area contributed by atoms with E-state index in [1.54, 1.807) is 13.4 Å². The number of nitrogen functional groups attached to an aromatic ring is 1. The van der Waals surface area contributed by atoms with E-state index in [9.17, 15) is 0 Å². The average molecular weight is 242 g/mol. The number of nitrogens with zero attached hydrogens (tertiary/aromatic N) is 4. The lowest BCUT2D eigenvalue weighted by Gasteiger charge is -2.04. The normalized spacial score (nSPS) is 11.1. The van der Waals surface area contributed by atoms with Crippen molar-refractivity contribution in [3.8, 4) is 0 Å². The summed E-state index contributed by atoms with van der Waals surface area (Å²) in [5.74, 6) is 0.352. The highest BCUT2D eigenvalue weighted by Gasteiger charge is 2.09. The van der Waals surface area contributed by atoms with Crippen LogP contribution in [0.3, 0.4) is 0 Å². The van der Waals surface area contributed by atoms with Gasteiger partial charge in [0.05, 0.1) is 6.33 Å². The fraction of sp³-hybridized carbons (Fsp3) is 0.444.